The number of fused-ring (bicyclic) bond motifs is 3. The minimum atomic E-state index is 0.712. The Labute approximate surface area is 113 Å². The van der Waals surface area contributed by atoms with Crippen LogP contribution in [0.2, 0.25) is 0 Å². The number of aryl methyl sites for hydroxylation is 1. The van der Waals surface area contributed by atoms with Crippen LogP contribution >= 0.6 is 0 Å². The van der Waals surface area contributed by atoms with E-state index in [1.807, 2.05) is 16.8 Å². The summed E-state index contributed by atoms with van der Waals surface area (Å²) in [4.78, 5) is 7.26. The van der Waals surface area contributed by atoms with E-state index in [9.17, 15) is 0 Å². The first kappa shape index (κ1) is 11.3. The normalized spacial score (nSPS) is 20.2. The molecule has 0 unspecified atom stereocenters. The summed E-state index contributed by atoms with van der Waals surface area (Å²) >= 11 is 0. The molecule has 2 aliphatic rings. The van der Waals surface area contributed by atoms with Gasteiger partial charge < -0.3 is 4.90 Å². The van der Waals surface area contributed by atoms with Crippen LogP contribution in [-0.2, 0) is 6.42 Å². The van der Waals surface area contributed by atoms with Crippen molar-refractivity contribution in [2.24, 2.45) is 0 Å². The maximum Gasteiger partial charge on any atom is 0.157 e. The zero-order chi connectivity index (χ0) is 12.8. The molecule has 3 heterocycles. The van der Waals surface area contributed by atoms with Crippen molar-refractivity contribution in [3.8, 4) is 0 Å². The van der Waals surface area contributed by atoms with E-state index in [1.165, 1.54) is 49.2 Å². The number of aromatic nitrogens is 3. The highest BCUT2D eigenvalue weighted by Crippen LogP contribution is 2.35. The Morgan fingerprint density at radius 2 is 2.05 bits per heavy atom. The number of hydrogen-bond donors (Lipinski definition) is 0. The van der Waals surface area contributed by atoms with E-state index in [2.05, 4.69) is 21.9 Å². The molecule has 4 rings (SSSR count). The fourth-order valence-electron chi connectivity index (χ4n) is 3.75. The van der Waals surface area contributed by atoms with Gasteiger partial charge in [0.1, 0.15) is 5.82 Å². The first-order valence-corrected chi connectivity index (χ1v) is 7.44. The zero-order valence-corrected chi connectivity index (χ0v) is 11.5. The summed E-state index contributed by atoms with van der Waals surface area (Å²) in [6, 6.07) is 2.72. The minimum absolute atomic E-state index is 0.712. The standard InChI is InChI=1S/C15H20N4/c1-11-13-8-10-18(12-5-3-2-4-6-12)15(13)19-14(17-11)7-9-16-19/h7,9,12H,2-6,8,10H2,1H3. The lowest BCUT2D eigenvalue weighted by Gasteiger charge is -2.33. The van der Waals surface area contributed by atoms with Gasteiger partial charge in [-0.1, -0.05) is 19.3 Å². The molecule has 2 aromatic heterocycles. The molecule has 100 valence electrons. The maximum absolute atomic E-state index is 4.66. The molecule has 19 heavy (non-hydrogen) atoms. The van der Waals surface area contributed by atoms with Crippen molar-refractivity contribution >= 4 is 11.5 Å². The lowest BCUT2D eigenvalue weighted by atomic mass is 9.94. The Balaban J connectivity index is 1.83. The van der Waals surface area contributed by atoms with Gasteiger partial charge in [0, 0.05) is 29.9 Å². The van der Waals surface area contributed by atoms with Gasteiger partial charge in [0.05, 0.1) is 6.20 Å². The topological polar surface area (TPSA) is 33.4 Å². The van der Waals surface area contributed by atoms with E-state index in [-0.39, 0.29) is 0 Å². The van der Waals surface area contributed by atoms with E-state index in [4.69, 9.17) is 0 Å². The molecular weight excluding hydrogens is 236 g/mol. The second-order valence-electron chi connectivity index (χ2n) is 5.84. The molecule has 0 saturated heterocycles. The van der Waals surface area contributed by atoms with Crippen molar-refractivity contribution in [2.45, 2.75) is 51.5 Å². The van der Waals surface area contributed by atoms with Gasteiger partial charge in [-0.2, -0.15) is 9.61 Å². The van der Waals surface area contributed by atoms with Gasteiger partial charge in [-0.3, -0.25) is 0 Å². The van der Waals surface area contributed by atoms with Crippen LogP contribution in [0.15, 0.2) is 12.3 Å². The van der Waals surface area contributed by atoms with Crippen LogP contribution in [0.4, 0.5) is 5.82 Å². The highest BCUT2D eigenvalue weighted by Gasteiger charge is 2.31. The largest absolute Gasteiger partial charge is 0.353 e. The van der Waals surface area contributed by atoms with E-state index in [0.29, 0.717) is 6.04 Å². The van der Waals surface area contributed by atoms with Gasteiger partial charge in [0.25, 0.3) is 0 Å². The predicted octanol–water partition coefficient (Wildman–Crippen LogP) is 2.73. The molecule has 1 aliphatic carbocycles. The molecule has 0 bridgehead atoms. The van der Waals surface area contributed by atoms with Crippen molar-refractivity contribution in [1.82, 2.24) is 14.6 Å². The summed E-state index contributed by atoms with van der Waals surface area (Å²) in [5.41, 5.74) is 3.57. The van der Waals surface area contributed by atoms with Gasteiger partial charge in [-0.25, -0.2) is 4.98 Å². The van der Waals surface area contributed by atoms with Gasteiger partial charge in [0.2, 0.25) is 0 Å². The summed E-state index contributed by atoms with van der Waals surface area (Å²) in [6.45, 7) is 3.28. The molecule has 1 aliphatic heterocycles. The van der Waals surface area contributed by atoms with Gasteiger partial charge in [-0.15, -0.1) is 0 Å². The highest BCUT2D eigenvalue weighted by atomic mass is 15.4. The summed E-state index contributed by atoms with van der Waals surface area (Å²) in [5.74, 6) is 1.32. The fourth-order valence-corrected chi connectivity index (χ4v) is 3.75. The molecule has 4 nitrogen and oxygen atoms in total. The quantitative estimate of drug-likeness (QED) is 0.786. The van der Waals surface area contributed by atoms with Crippen LogP contribution in [0.3, 0.4) is 0 Å². The smallest absolute Gasteiger partial charge is 0.157 e. The van der Waals surface area contributed by atoms with Gasteiger partial charge in [-0.05, 0) is 26.2 Å². The molecule has 0 aromatic carbocycles. The summed E-state index contributed by atoms with van der Waals surface area (Å²) in [6.07, 6.45) is 9.82. The molecule has 2 aromatic rings. The Bertz CT molecular complexity index is 610. The monoisotopic (exact) mass is 256 g/mol. The molecule has 0 spiro atoms. The lowest BCUT2D eigenvalue weighted by Crippen LogP contribution is -2.36. The Morgan fingerprint density at radius 1 is 1.21 bits per heavy atom. The molecule has 0 N–H and O–H groups in total. The summed E-state index contributed by atoms with van der Waals surface area (Å²) < 4.78 is 2.05. The molecule has 0 radical (unpaired) electrons. The number of nitrogens with zero attached hydrogens (tertiary/aromatic N) is 4. The van der Waals surface area contributed by atoms with E-state index in [1.54, 1.807) is 0 Å². The first-order valence-electron chi connectivity index (χ1n) is 7.44. The van der Waals surface area contributed by atoms with Crippen LogP contribution in [0, 0.1) is 6.92 Å². The molecule has 4 heteroatoms. The molecule has 1 fully saturated rings. The minimum Gasteiger partial charge on any atom is -0.353 e. The van der Waals surface area contributed by atoms with Gasteiger partial charge >= 0.3 is 0 Å². The SMILES string of the molecule is Cc1nc2ccnn2c2c1CCN2C1CCCCC1. The van der Waals surface area contributed by atoms with Crippen molar-refractivity contribution in [2.75, 3.05) is 11.4 Å². The first-order chi connectivity index (χ1) is 9.34. The second kappa shape index (κ2) is 4.22. The van der Waals surface area contributed by atoms with Crippen LogP contribution in [0.1, 0.15) is 43.4 Å². The van der Waals surface area contributed by atoms with E-state index >= 15 is 0 Å². The van der Waals surface area contributed by atoms with Crippen LogP contribution in [-0.4, -0.2) is 27.2 Å². The third-order valence-electron chi connectivity index (χ3n) is 4.70. The van der Waals surface area contributed by atoms with E-state index in [0.717, 1.165) is 18.6 Å². The van der Waals surface area contributed by atoms with Crippen molar-refractivity contribution in [1.29, 1.82) is 0 Å². The lowest BCUT2D eigenvalue weighted by molar-refractivity contribution is 0.417. The third kappa shape index (κ3) is 1.66. The van der Waals surface area contributed by atoms with Crippen molar-refractivity contribution in [3.63, 3.8) is 0 Å². The second-order valence-corrected chi connectivity index (χ2v) is 5.84. The zero-order valence-electron chi connectivity index (χ0n) is 11.5. The van der Waals surface area contributed by atoms with Crippen molar-refractivity contribution < 1.29 is 0 Å². The number of rotatable bonds is 1. The molecular formula is C15H20N4. The summed E-state index contributed by atoms with van der Waals surface area (Å²) in [5, 5.41) is 4.49. The predicted molar refractivity (Wildman–Crippen MR) is 75.6 cm³/mol. The summed E-state index contributed by atoms with van der Waals surface area (Å²) in [7, 11) is 0. The van der Waals surface area contributed by atoms with Gasteiger partial charge in [0.15, 0.2) is 5.65 Å². The average Bonchev–Trinajstić information content (AvgIpc) is 3.05. The molecule has 0 amide bonds. The van der Waals surface area contributed by atoms with Crippen LogP contribution in [0.5, 0.6) is 0 Å². The van der Waals surface area contributed by atoms with Crippen LogP contribution in [0.25, 0.3) is 5.65 Å². The fraction of sp³-hybridized carbons (Fsp3) is 0.600. The highest BCUT2D eigenvalue weighted by molar-refractivity contribution is 5.60. The maximum atomic E-state index is 4.66. The average molecular weight is 256 g/mol. The van der Waals surface area contributed by atoms with Crippen LogP contribution < -0.4 is 4.90 Å². The Hall–Kier alpha value is -1.58. The Morgan fingerprint density at radius 3 is 2.89 bits per heavy atom. The molecule has 1 saturated carbocycles. The Kier molecular flexibility index (Phi) is 2.50. The van der Waals surface area contributed by atoms with E-state index < -0.39 is 0 Å². The van der Waals surface area contributed by atoms with Crippen molar-refractivity contribution in [3.05, 3.63) is 23.5 Å². The number of hydrogen-bond acceptors (Lipinski definition) is 3. The molecule has 0 atom stereocenters. The number of anilines is 1. The third-order valence-corrected chi connectivity index (χ3v) is 4.70.